The maximum Gasteiger partial charge on any atom is 0.158 e. The molecule has 0 radical (unpaired) electrons. The van der Waals surface area contributed by atoms with E-state index >= 15 is 0 Å². The monoisotopic (exact) mass is 290 g/mol. The molecule has 0 spiro atoms. The van der Waals surface area contributed by atoms with Gasteiger partial charge < -0.3 is 14.2 Å². The summed E-state index contributed by atoms with van der Waals surface area (Å²) in [7, 11) is 0. The lowest BCUT2D eigenvalue weighted by molar-refractivity contribution is 0.114. The summed E-state index contributed by atoms with van der Waals surface area (Å²) >= 11 is 0. The molecule has 0 amide bonds. The summed E-state index contributed by atoms with van der Waals surface area (Å²) in [6, 6.07) is 22.9. The van der Waals surface area contributed by atoms with Crippen molar-refractivity contribution in [3.05, 3.63) is 84.7 Å². The van der Waals surface area contributed by atoms with Gasteiger partial charge in [0, 0.05) is 35.9 Å². The standard InChI is InChI=1S/C19H18N2O/c1-3-7-17(8-4-1)20-12-11-16(15-20)19-21(13-14-22-19)18-9-5-2-6-10-18/h1-12,15,19H,13-14H2/t19-/m0/s1. The molecule has 0 bridgehead atoms. The first-order valence-corrected chi connectivity index (χ1v) is 7.58. The van der Waals surface area contributed by atoms with Crippen molar-refractivity contribution in [1.82, 2.24) is 4.57 Å². The van der Waals surface area contributed by atoms with Gasteiger partial charge in [0.05, 0.1) is 6.61 Å². The molecule has 2 aromatic carbocycles. The van der Waals surface area contributed by atoms with Gasteiger partial charge in [-0.15, -0.1) is 0 Å². The predicted octanol–water partition coefficient (Wildman–Crippen LogP) is 4.01. The van der Waals surface area contributed by atoms with Crippen LogP contribution in [-0.4, -0.2) is 17.7 Å². The number of para-hydroxylation sites is 2. The second-order valence-corrected chi connectivity index (χ2v) is 5.44. The Morgan fingerprint density at radius 1 is 0.818 bits per heavy atom. The van der Waals surface area contributed by atoms with Crippen LogP contribution in [0.1, 0.15) is 11.8 Å². The fraction of sp³-hybridized carbons (Fsp3) is 0.158. The quantitative estimate of drug-likeness (QED) is 0.725. The van der Waals surface area contributed by atoms with Gasteiger partial charge in [-0.3, -0.25) is 0 Å². The van der Waals surface area contributed by atoms with Crippen LogP contribution >= 0.6 is 0 Å². The predicted molar refractivity (Wildman–Crippen MR) is 88.3 cm³/mol. The third-order valence-electron chi connectivity index (χ3n) is 4.03. The summed E-state index contributed by atoms with van der Waals surface area (Å²) in [5, 5.41) is 0. The summed E-state index contributed by atoms with van der Waals surface area (Å²) in [6.07, 6.45) is 4.24. The number of benzene rings is 2. The lowest BCUT2D eigenvalue weighted by atomic mass is 10.2. The zero-order valence-electron chi connectivity index (χ0n) is 12.3. The van der Waals surface area contributed by atoms with Crippen LogP contribution in [0.25, 0.3) is 5.69 Å². The Labute approximate surface area is 130 Å². The minimum atomic E-state index is -0.00707. The van der Waals surface area contributed by atoms with E-state index in [1.165, 1.54) is 11.3 Å². The van der Waals surface area contributed by atoms with Crippen LogP contribution in [0.3, 0.4) is 0 Å². The Morgan fingerprint density at radius 3 is 2.23 bits per heavy atom. The van der Waals surface area contributed by atoms with E-state index in [0.29, 0.717) is 0 Å². The highest BCUT2D eigenvalue weighted by atomic mass is 16.5. The number of hydrogen-bond donors (Lipinski definition) is 0. The number of rotatable bonds is 3. The summed E-state index contributed by atoms with van der Waals surface area (Å²) in [5.74, 6) is 0. The van der Waals surface area contributed by atoms with Crippen molar-refractivity contribution >= 4 is 5.69 Å². The van der Waals surface area contributed by atoms with Crippen LogP contribution in [0.2, 0.25) is 0 Å². The molecule has 2 heterocycles. The Morgan fingerprint density at radius 2 is 1.50 bits per heavy atom. The highest BCUT2D eigenvalue weighted by molar-refractivity contribution is 5.49. The molecular weight excluding hydrogens is 272 g/mol. The molecule has 1 fully saturated rings. The molecule has 22 heavy (non-hydrogen) atoms. The van der Waals surface area contributed by atoms with E-state index in [0.717, 1.165) is 18.8 Å². The van der Waals surface area contributed by atoms with E-state index in [1.807, 2.05) is 12.1 Å². The molecule has 0 N–H and O–H groups in total. The molecule has 1 aromatic heterocycles. The van der Waals surface area contributed by atoms with Gasteiger partial charge in [-0.2, -0.15) is 0 Å². The SMILES string of the molecule is c1ccc(N2CCO[C@H]2c2ccn(-c3ccccc3)c2)cc1. The highest BCUT2D eigenvalue weighted by Crippen LogP contribution is 2.32. The molecule has 1 aliphatic rings. The minimum Gasteiger partial charge on any atom is -0.352 e. The summed E-state index contributed by atoms with van der Waals surface area (Å²) in [5.41, 5.74) is 3.56. The van der Waals surface area contributed by atoms with Crippen LogP contribution in [0.4, 0.5) is 5.69 Å². The molecule has 1 aliphatic heterocycles. The lowest BCUT2D eigenvalue weighted by Gasteiger charge is -2.24. The van der Waals surface area contributed by atoms with Crippen LogP contribution in [-0.2, 0) is 4.74 Å². The third kappa shape index (κ3) is 2.40. The van der Waals surface area contributed by atoms with Crippen molar-refractivity contribution in [3.8, 4) is 5.69 Å². The Bertz CT molecular complexity index is 736. The molecule has 4 rings (SSSR count). The van der Waals surface area contributed by atoms with E-state index in [-0.39, 0.29) is 6.23 Å². The van der Waals surface area contributed by atoms with Gasteiger partial charge >= 0.3 is 0 Å². The molecule has 1 saturated heterocycles. The van der Waals surface area contributed by atoms with Crippen molar-refractivity contribution in [2.24, 2.45) is 0 Å². The first-order chi connectivity index (χ1) is 10.9. The van der Waals surface area contributed by atoms with Gasteiger partial charge in [0.2, 0.25) is 0 Å². The summed E-state index contributed by atoms with van der Waals surface area (Å²) in [4.78, 5) is 2.31. The highest BCUT2D eigenvalue weighted by Gasteiger charge is 2.27. The van der Waals surface area contributed by atoms with Crippen LogP contribution in [0.15, 0.2) is 79.1 Å². The van der Waals surface area contributed by atoms with Crippen molar-refractivity contribution < 1.29 is 4.74 Å². The molecular formula is C19H18N2O. The fourth-order valence-corrected chi connectivity index (χ4v) is 2.95. The molecule has 0 saturated carbocycles. The van der Waals surface area contributed by atoms with Gasteiger partial charge in [-0.05, 0) is 30.3 Å². The fourth-order valence-electron chi connectivity index (χ4n) is 2.95. The minimum absolute atomic E-state index is 0.00707. The third-order valence-corrected chi connectivity index (χ3v) is 4.03. The molecule has 3 heteroatoms. The Kier molecular flexibility index (Phi) is 3.41. The van der Waals surface area contributed by atoms with Crippen LogP contribution in [0, 0.1) is 0 Å². The van der Waals surface area contributed by atoms with Gasteiger partial charge in [0.25, 0.3) is 0 Å². The molecule has 3 nitrogen and oxygen atoms in total. The summed E-state index contributed by atoms with van der Waals surface area (Å²) < 4.78 is 8.11. The molecule has 0 unspecified atom stereocenters. The van der Waals surface area contributed by atoms with E-state index in [2.05, 4.69) is 76.5 Å². The van der Waals surface area contributed by atoms with Crippen molar-refractivity contribution in [3.63, 3.8) is 0 Å². The number of nitrogens with zero attached hydrogens (tertiary/aromatic N) is 2. The molecule has 0 aliphatic carbocycles. The number of ether oxygens (including phenoxy) is 1. The first-order valence-electron chi connectivity index (χ1n) is 7.58. The zero-order valence-corrected chi connectivity index (χ0v) is 12.3. The second kappa shape index (κ2) is 5.70. The topological polar surface area (TPSA) is 17.4 Å². The molecule has 110 valence electrons. The largest absolute Gasteiger partial charge is 0.352 e. The van der Waals surface area contributed by atoms with Crippen molar-refractivity contribution in [2.45, 2.75) is 6.23 Å². The smallest absolute Gasteiger partial charge is 0.158 e. The van der Waals surface area contributed by atoms with E-state index in [4.69, 9.17) is 4.74 Å². The van der Waals surface area contributed by atoms with E-state index in [9.17, 15) is 0 Å². The van der Waals surface area contributed by atoms with Crippen molar-refractivity contribution in [1.29, 1.82) is 0 Å². The van der Waals surface area contributed by atoms with Gasteiger partial charge in [0.15, 0.2) is 6.23 Å². The van der Waals surface area contributed by atoms with Gasteiger partial charge in [0.1, 0.15) is 0 Å². The Balaban J connectivity index is 1.63. The Hall–Kier alpha value is -2.52. The van der Waals surface area contributed by atoms with Gasteiger partial charge in [-0.1, -0.05) is 36.4 Å². The van der Waals surface area contributed by atoms with Crippen LogP contribution < -0.4 is 4.90 Å². The molecule has 3 aromatic rings. The average Bonchev–Trinajstić information content (AvgIpc) is 3.25. The normalized spacial score (nSPS) is 17.8. The number of anilines is 1. The first kappa shape index (κ1) is 13.2. The van der Waals surface area contributed by atoms with Crippen LogP contribution in [0.5, 0.6) is 0 Å². The summed E-state index contributed by atoms with van der Waals surface area (Å²) in [6.45, 7) is 1.68. The maximum atomic E-state index is 5.97. The maximum absolute atomic E-state index is 5.97. The van der Waals surface area contributed by atoms with E-state index < -0.39 is 0 Å². The average molecular weight is 290 g/mol. The lowest BCUT2D eigenvalue weighted by Crippen LogP contribution is -2.22. The van der Waals surface area contributed by atoms with E-state index in [1.54, 1.807) is 0 Å². The second-order valence-electron chi connectivity index (χ2n) is 5.44. The van der Waals surface area contributed by atoms with Crippen molar-refractivity contribution in [2.75, 3.05) is 18.1 Å². The zero-order chi connectivity index (χ0) is 14.8. The molecule has 1 atom stereocenters. The number of hydrogen-bond acceptors (Lipinski definition) is 2. The van der Waals surface area contributed by atoms with Gasteiger partial charge in [-0.25, -0.2) is 0 Å². The number of aromatic nitrogens is 1.